The predicted octanol–water partition coefficient (Wildman–Crippen LogP) is 1.69. The van der Waals surface area contributed by atoms with E-state index in [2.05, 4.69) is 18.2 Å². The van der Waals surface area contributed by atoms with Gasteiger partial charge in [-0.1, -0.05) is 18.2 Å². The Hall–Kier alpha value is -0.860. The molecule has 1 aliphatic rings. The average molecular weight is 205 g/mol. The Kier molecular flexibility index (Phi) is 3.75. The van der Waals surface area contributed by atoms with Crippen molar-refractivity contribution in [2.24, 2.45) is 5.73 Å². The lowest BCUT2D eigenvalue weighted by molar-refractivity contribution is 0.145. The lowest BCUT2D eigenvalue weighted by Gasteiger charge is -2.05. The van der Waals surface area contributed by atoms with E-state index in [1.54, 1.807) is 11.1 Å². The van der Waals surface area contributed by atoms with Gasteiger partial charge in [0.2, 0.25) is 0 Å². The summed E-state index contributed by atoms with van der Waals surface area (Å²) in [5, 5.41) is 0. The molecule has 2 rings (SSSR count). The van der Waals surface area contributed by atoms with Crippen molar-refractivity contribution in [1.29, 1.82) is 0 Å². The molecular weight excluding hydrogens is 186 g/mol. The third-order valence-electron chi connectivity index (χ3n) is 2.96. The van der Waals surface area contributed by atoms with Crippen LogP contribution < -0.4 is 5.73 Å². The Balaban J connectivity index is 1.87. The van der Waals surface area contributed by atoms with Crippen LogP contribution in [0.2, 0.25) is 0 Å². The zero-order valence-electron chi connectivity index (χ0n) is 9.17. The van der Waals surface area contributed by atoms with Gasteiger partial charge in [0.05, 0.1) is 13.2 Å². The Morgan fingerprint density at radius 3 is 2.87 bits per heavy atom. The van der Waals surface area contributed by atoms with Crippen LogP contribution in [0.4, 0.5) is 0 Å². The number of hydrogen-bond acceptors (Lipinski definition) is 2. The van der Waals surface area contributed by atoms with Crippen molar-refractivity contribution < 1.29 is 4.74 Å². The molecule has 1 aromatic carbocycles. The second kappa shape index (κ2) is 5.29. The highest BCUT2D eigenvalue weighted by atomic mass is 16.5. The summed E-state index contributed by atoms with van der Waals surface area (Å²) in [5.41, 5.74) is 9.84. The van der Waals surface area contributed by atoms with Crippen molar-refractivity contribution in [3.63, 3.8) is 0 Å². The van der Waals surface area contributed by atoms with Crippen molar-refractivity contribution in [1.82, 2.24) is 0 Å². The van der Waals surface area contributed by atoms with E-state index in [4.69, 9.17) is 10.5 Å². The lowest BCUT2D eigenvalue weighted by Crippen LogP contribution is -2.10. The summed E-state index contributed by atoms with van der Waals surface area (Å²) in [4.78, 5) is 0. The van der Waals surface area contributed by atoms with Crippen LogP contribution in [-0.2, 0) is 24.0 Å². The minimum absolute atomic E-state index is 0.615. The topological polar surface area (TPSA) is 35.2 Å². The van der Waals surface area contributed by atoms with E-state index >= 15 is 0 Å². The van der Waals surface area contributed by atoms with Crippen LogP contribution in [0, 0.1) is 0 Å². The van der Waals surface area contributed by atoms with Gasteiger partial charge in [-0.25, -0.2) is 0 Å². The fourth-order valence-electron chi connectivity index (χ4n) is 2.16. The van der Waals surface area contributed by atoms with E-state index in [1.807, 2.05) is 0 Å². The maximum atomic E-state index is 5.38. The Labute approximate surface area is 91.4 Å². The fourth-order valence-corrected chi connectivity index (χ4v) is 2.16. The van der Waals surface area contributed by atoms with Crippen LogP contribution in [0.3, 0.4) is 0 Å². The molecule has 2 heteroatoms. The van der Waals surface area contributed by atoms with E-state index in [-0.39, 0.29) is 0 Å². The summed E-state index contributed by atoms with van der Waals surface area (Å²) in [6, 6.07) is 6.85. The molecule has 0 spiro atoms. The molecular formula is C13H19NO. The molecule has 0 aromatic heterocycles. The van der Waals surface area contributed by atoms with Crippen LogP contribution in [-0.4, -0.2) is 19.8 Å². The van der Waals surface area contributed by atoms with Gasteiger partial charge in [0.1, 0.15) is 0 Å². The largest absolute Gasteiger partial charge is 0.380 e. The van der Waals surface area contributed by atoms with Crippen molar-refractivity contribution >= 4 is 0 Å². The molecule has 0 unspecified atom stereocenters. The Bertz CT molecular complexity index is 322. The molecule has 2 nitrogen and oxygen atoms in total. The van der Waals surface area contributed by atoms with Gasteiger partial charge in [-0.3, -0.25) is 0 Å². The quantitative estimate of drug-likeness (QED) is 0.742. The molecule has 0 fully saturated rings. The summed E-state index contributed by atoms with van der Waals surface area (Å²) >= 11 is 0. The van der Waals surface area contributed by atoms with Gasteiger partial charge in [0.15, 0.2) is 0 Å². The van der Waals surface area contributed by atoms with Crippen molar-refractivity contribution in [3.05, 3.63) is 34.9 Å². The predicted molar refractivity (Wildman–Crippen MR) is 62.0 cm³/mol. The summed E-state index contributed by atoms with van der Waals surface area (Å²) < 4.78 is 5.38. The molecule has 0 bridgehead atoms. The summed E-state index contributed by atoms with van der Waals surface area (Å²) in [7, 11) is 0. The first-order chi connectivity index (χ1) is 7.40. The van der Waals surface area contributed by atoms with E-state index < -0.39 is 0 Å². The molecule has 0 heterocycles. The molecule has 2 N–H and O–H groups in total. The second-order valence-electron chi connectivity index (χ2n) is 4.11. The number of nitrogens with two attached hydrogens (primary N) is 1. The number of rotatable bonds is 5. The average Bonchev–Trinajstić information content (AvgIpc) is 2.71. The second-order valence-corrected chi connectivity index (χ2v) is 4.11. The van der Waals surface area contributed by atoms with Crippen molar-refractivity contribution in [3.8, 4) is 0 Å². The van der Waals surface area contributed by atoms with Crippen LogP contribution in [0.5, 0.6) is 0 Å². The fraction of sp³-hybridized carbons (Fsp3) is 0.538. The van der Waals surface area contributed by atoms with Gasteiger partial charge >= 0.3 is 0 Å². The van der Waals surface area contributed by atoms with E-state index in [1.165, 1.54) is 24.8 Å². The summed E-state index contributed by atoms with van der Waals surface area (Å²) in [5.74, 6) is 0. The van der Waals surface area contributed by atoms with Crippen LogP contribution in [0.15, 0.2) is 18.2 Å². The molecule has 15 heavy (non-hydrogen) atoms. The van der Waals surface area contributed by atoms with Gasteiger partial charge < -0.3 is 10.5 Å². The molecule has 0 radical (unpaired) electrons. The first kappa shape index (κ1) is 10.7. The van der Waals surface area contributed by atoms with E-state index in [9.17, 15) is 0 Å². The molecule has 0 atom stereocenters. The first-order valence-corrected chi connectivity index (χ1v) is 5.78. The highest BCUT2D eigenvalue weighted by molar-refractivity contribution is 5.35. The Morgan fingerprint density at radius 2 is 2.00 bits per heavy atom. The van der Waals surface area contributed by atoms with E-state index in [0.29, 0.717) is 13.2 Å². The van der Waals surface area contributed by atoms with Gasteiger partial charge in [-0.15, -0.1) is 0 Å². The molecule has 1 aromatic rings. The number of fused-ring (bicyclic) bond motifs is 1. The standard InChI is InChI=1S/C13H19NO/c14-7-9-15-8-6-11-4-5-12-2-1-3-13(12)10-11/h4-5,10H,1-3,6-9,14H2. The monoisotopic (exact) mass is 205 g/mol. The number of ether oxygens (including phenoxy) is 1. The Morgan fingerprint density at radius 1 is 1.13 bits per heavy atom. The highest BCUT2D eigenvalue weighted by Crippen LogP contribution is 2.22. The van der Waals surface area contributed by atoms with E-state index in [0.717, 1.165) is 13.0 Å². The first-order valence-electron chi connectivity index (χ1n) is 5.78. The maximum Gasteiger partial charge on any atom is 0.0588 e. The minimum atomic E-state index is 0.615. The zero-order valence-corrected chi connectivity index (χ0v) is 9.17. The molecule has 1 aliphatic carbocycles. The third kappa shape index (κ3) is 2.80. The van der Waals surface area contributed by atoms with Gasteiger partial charge in [-0.2, -0.15) is 0 Å². The van der Waals surface area contributed by atoms with Crippen LogP contribution in [0.1, 0.15) is 23.1 Å². The lowest BCUT2D eigenvalue weighted by atomic mass is 10.0. The molecule has 0 saturated heterocycles. The highest BCUT2D eigenvalue weighted by Gasteiger charge is 2.10. The maximum absolute atomic E-state index is 5.38. The van der Waals surface area contributed by atoms with Gasteiger partial charge in [0, 0.05) is 6.54 Å². The normalized spacial score (nSPS) is 14.2. The molecule has 0 aliphatic heterocycles. The van der Waals surface area contributed by atoms with Crippen molar-refractivity contribution in [2.75, 3.05) is 19.8 Å². The smallest absolute Gasteiger partial charge is 0.0588 e. The summed E-state index contributed by atoms with van der Waals surface area (Å²) in [6.07, 6.45) is 4.85. The summed E-state index contributed by atoms with van der Waals surface area (Å²) in [6.45, 7) is 2.07. The van der Waals surface area contributed by atoms with Gasteiger partial charge in [-0.05, 0) is 42.4 Å². The number of aryl methyl sites for hydroxylation is 2. The molecule has 0 saturated carbocycles. The van der Waals surface area contributed by atoms with Crippen LogP contribution >= 0.6 is 0 Å². The minimum Gasteiger partial charge on any atom is -0.380 e. The molecule has 82 valence electrons. The number of hydrogen-bond donors (Lipinski definition) is 1. The SMILES string of the molecule is NCCOCCc1ccc2c(c1)CCC2. The zero-order chi connectivity index (χ0) is 10.5. The van der Waals surface area contributed by atoms with Gasteiger partial charge in [0.25, 0.3) is 0 Å². The third-order valence-corrected chi connectivity index (χ3v) is 2.96. The molecule has 0 amide bonds. The van der Waals surface area contributed by atoms with Crippen molar-refractivity contribution in [2.45, 2.75) is 25.7 Å². The van der Waals surface area contributed by atoms with Crippen LogP contribution in [0.25, 0.3) is 0 Å². The number of benzene rings is 1.